The topological polar surface area (TPSA) is 112 Å². The maximum absolute atomic E-state index is 5.89. The quantitative estimate of drug-likeness (QED) is 0.328. The SMILES string of the molecule is COCCOc1ccn2c(-c3cc(NCc4ccc(C(=CN)C5=NCCC5)cc4)ncn3)cnc2c1. The second-order valence-electron chi connectivity index (χ2n) is 8.43. The van der Waals surface area contributed by atoms with Crippen LogP contribution in [0.1, 0.15) is 24.0 Å². The number of aromatic nitrogens is 4. The third-order valence-corrected chi connectivity index (χ3v) is 6.06. The highest BCUT2D eigenvalue weighted by Gasteiger charge is 2.13. The van der Waals surface area contributed by atoms with Crippen molar-refractivity contribution < 1.29 is 9.47 Å². The smallest absolute Gasteiger partial charge is 0.140 e. The molecule has 0 saturated heterocycles. The van der Waals surface area contributed by atoms with Crippen molar-refractivity contribution in [1.82, 2.24) is 19.4 Å². The average molecular weight is 484 g/mol. The molecule has 184 valence electrons. The number of benzene rings is 1. The molecule has 0 unspecified atom stereocenters. The average Bonchev–Trinajstić information content (AvgIpc) is 3.59. The second-order valence-corrected chi connectivity index (χ2v) is 8.43. The van der Waals surface area contributed by atoms with Gasteiger partial charge in [0.1, 0.15) is 30.1 Å². The van der Waals surface area contributed by atoms with Crippen LogP contribution in [0.2, 0.25) is 0 Å². The lowest BCUT2D eigenvalue weighted by molar-refractivity contribution is 0.146. The first-order valence-corrected chi connectivity index (χ1v) is 11.9. The van der Waals surface area contributed by atoms with Gasteiger partial charge in [0.15, 0.2) is 0 Å². The molecule has 4 heterocycles. The maximum Gasteiger partial charge on any atom is 0.140 e. The monoisotopic (exact) mass is 483 g/mol. The van der Waals surface area contributed by atoms with Crippen molar-refractivity contribution in [3.63, 3.8) is 0 Å². The van der Waals surface area contributed by atoms with Crippen LogP contribution in [0.5, 0.6) is 5.75 Å². The van der Waals surface area contributed by atoms with E-state index >= 15 is 0 Å². The summed E-state index contributed by atoms with van der Waals surface area (Å²) in [7, 11) is 1.65. The Morgan fingerprint density at radius 1 is 1.11 bits per heavy atom. The van der Waals surface area contributed by atoms with Gasteiger partial charge in [-0.1, -0.05) is 24.3 Å². The Hall–Kier alpha value is -4.24. The first-order chi connectivity index (χ1) is 17.7. The van der Waals surface area contributed by atoms with Crippen LogP contribution in [-0.2, 0) is 11.3 Å². The molecule has 1 aliphatic heterocycles. The number of methoxy groups -OCH3 is 1. The zero-order valence-corrected chi connectivity index (χ0v) is 20.2. The fraction of sp³-hybridized carbons (Fsp3) is 0.259. The van der Waals surface area contributed by atoms with Crippen LogP contribution >= 0.6 is 0 Å². The molecule has 0 radical (unpaired) electrons. The Labute approximate surface area is 209 Å². The second kappa shape index (κ2) is 11.0. The molecule has 0 amide bonds. The fourth-order valence-corrected chi connectivity index (χ4v) is 4.19. The number of allylic oxidation sites excluding steroid dienone is 1. The Morgan fingerprint density at radius 2 is 2.00 bits per heavy atom. The summed E-state index contributed by atoms with van der Waals surface area (Å²) in [5.74, 6) is 1.49. The molecule has 9 nitrogen and oxygen atoms in total. The molecule has 9 heteroatoms. The van der Waals surface area contributed by atoms with E-state index in [4.69, 9.17) is 15.2 Å². The van der Waals surface area contributed by atoms with Crippen molar-refractivity contribution in [2.45, 2.75) is 19.4 Å². The van der Waals surface area contributed by atoms with Gasteiger partial charge < -0.3 is 20.5 Å². The molecule has 3 aromatic heterocycles. The van der Waals surface area contributed by atoms with E-state index in [2.05, 4.69) is 49.5 Å². The summed E-state index contributed by atoms with van der Waals surface area (Å²) in [6.07, 6.45) is 9.03. The number of hydrogen-bond acceptors (Lipinski definition) is 8. The molecule has 0 bridgehead atoms. The van der Waals surface area contributed by atoms with Gasteiger partial charge in [-0.15, -0.1) is 0 Å². The number of ether oxygens (including phenoxy) is 2. The molecule has 3 N–H and O–H groups in total. The first kappa shape index (κ1) is 23.5. The summed E-state index contributed by atoms with van der Waals surface area (Å²) >= 11 is 0. The van der Waals surface area contributed by atoms with E-state index in [1.807, 2.05) is 28.8 Å². The summed E-state index contributed by atoms with van der Waals surface area (Å²) in [4.78, 5) is 17.9. The summed E-state index contributed by atoms with van der Waals surface area (Å²) in [5, 5.41) is 3.39. The van der Waals surface area contributed by atoms with Crippen LogP contribution < -0.4 is 15.8 Å². The van der Waals surface area contributed by atoms with Gasteiger partial charge in [0.25, 0.3) is 0 Å². The van der Waals surface area contributed by atoms with Crippen molar-refractivity contribution in [2.75, 3.05) is 32.2 Å². The lowest BCUT2D eigenvalue weighted by Gasteiger charge is -2.10. The summed E-state index contributed by atoms with van der Waals surface area (Å²) in [6.45, 7) is 2.54. The molecule has 1 aromatic carbocycles. The summed E-state index contributed by atoms with van der Waals surface area (Å²) in [5.41, 5.74) is 12.7. The Balaban J connectivity index is 1.26. The minimum absolute atomic E-state index is 0.490. The van der Waals surface area contributed by atoms with Crippen LogP contribution in [0.4, 0.5) is 5.82 Å². The molecule has 5 rings (SSSR count). The molecular formula is C27H29N7O2. The number of rotatable bonds is 10. The van der Waals surface area contributed by atoms with E-state index in [1.165, 1.54) is 0 Å². The first-order valence-electron chi connectivity index (χ1n) is 11.9. The number of fused-ring (bicyclic) bond motifs is 1. The molecule has 4 aromatic rings. The number of nitrogens with two attached hydrogens (primary N) is 1. The normalized spacial score (nSPS) is 13.7. The number of pyridine rings is 1. The van der Waals surface area contributed by atoms with Crippen molar-refractivity contribution in [3.05, 3.63) is 78.5 Å². The van der Waals surface area contributed by atoms with E-state index in [9.17, 15) is 0 Å². The minimum atomic E-state index is 0.490. The number of imidazole rings is 1. The lowest BCUT2D eigenvalue weighted by atomic mass is 9.99. The number of nitrogens with one attached hydrogen (secondary N) is 1. The highest BCUT2D eigenvalue weighted by molar-refractivity contribution is 6.24. The highest BCUT2D eigenvalue weighted by atomic mass is 16.5. The van der Waals surface area contributed by atoms with Gasteiger partial charge in [-0.2, -0.15) is 0 Å². The van der Waals surface area contributed by atoms with Crippen LogP contribution in [0.3, 0.4) is 0 Å². The Kier molecular flexibility index (Phi) is 7.18. The lowest BCUT2D eigenvalue weighted by Crippen LogP contribution is -2.04. The van der Waals surface area contributed by atoms with Crippen molar-refractivity contribution in [1.29, 1.82) is 0 Å². The Morgan fingerprint density at radius 3 is 2.78 bits per heavy atom. The largest absolute Gasteiger partial charge is 0.491 e. The third kappa shape index (κ3) is 5.21. The van der Waals surface area contributed by atoms with E-state index in [0.717, 1.165) is 70.4 Å². The van der Waals surface area contributed by atoms with E-state index in [1.54, 1.807) is 25.8 Å². The summed E-state index contributed by atoms with van der Waals surface area (Å²) < 4.78 is 12.7. The molecule has 0 saturated carbocycles. The van der Waals surface area contributed by atoms with Crippen molar-refractivity contribution in [3.8, 4) is 17.1 Å². The maximum atomic E-state index is 5.89. The zero-order chi connectivity index (χ0) is 24.7. The highest BCUT2D eigenvalue weighted by Crippen LogP contribution is 2.24. The van der Waals surface area contributed by atoms with Crippen LogP contribution in [0, 0.1) is 0 Å². The molecule has 0 atom stereocenters. The molecule has 1 aliphatic rings. The van der Waals surface area contributed by atoms with Crippen molar-refractivity contribution >= 4 is 22.7 Å². The van der Waals surface area contributed by atoms with Gasteiger partial charge in [0.2, 0.25) is 0 Å². The molecule has 36 heavy (non-hydrogen) atoms. The van der Waals surface area contributed by atoms with Gasteiger partial charge in [-0.25, -0.2) is 15.0 Å². The minimum Gasteiger partial charge on any atom is -0.491 e. The van der Waals surface area contributed by atoms with Gasteiger partial charge in [0, 0.05) is 56.0 Å². The number of anilines is 1. The fourth-order valence-electron chi connectivity index (χ4n) is 4.19. The number of nitrogens with zero attached hydrogens (tertiary/aromatic N) is 5. The van der Waals surface area contributed by atoms with Crippen LogP contribution in [0.25, 0.3) is 22.6 Å². The molecule has 0 spiro atoms. The zero-order valence-electron chi connectivity index (χ0n) is 20.2. The van der Waals surface area contributed by atoms with Gasteiger partial charge >= 0.3 is 0 Å². The standard InChI is InChI=1S/C27H29N7O2/c1-35-11-12-36-21-8-10-34-25(17-31-27(34)13-21)24-14-26(33-18-32-24)30-16-19-4-6-20(7-5-19)22(15-28)23-3-2-9-29-23/h4-8,10,13-15,17-18H,2-3,9,11-12,16,28H2,1H3,(H,30,32,33). The van der Waals surface area contributed by atoms with Crippen LogP contribution in [-0.4, -0.2) is 51.9 Å². The van der Waals surface area contributed by atoms with E-state index in [0.29, 0.717) is 19.8 Å². The molecular weight excluding hydrogens is 454 g/mol. The van der Waals surface area contributed by atoms with E-state index < -0.39 is 0 Å². The van der Waals surface area contributed by atoms with E-state index in [-0.39, 0.29) is 0 Å². The third-order valence-electron chi connectivity index (χ3n) is 6.06. The van der Waals surface area contributed by atoms with Gasteiger partial charge in [-0.3, -0.25) is 9.39 Å². The van der Waals surface area contributed by atoms with Crippen molar-refractivity contribution in [2.24, 2.45) is 10.7 Å². The summed E-state index contributed by atoms with van der Waals surface area (Å²) in [6, 6.07) is 14.1. The molecule has 0 aliphatic carbocycles. The predicted octanol–water partition coefficient (Wildman–Crippen LogP) is 3.96. The van der Waals surface area contributed by atoms with Gasteiger partial charge in [0.05, 0.1) is 24.2 Å². The van der Waals surface area contributed by atoms with Gasteiger partial charge in [-0.05, 0) is 30.0 Å². The molecule has 0 fully saturated rings. The Bertz CT molecular complexity index is 1390. The predicted molar refractivity (Wildman–Crippen MR) is 141 cm³/mol. The number of hydrogen-bond donors (Lipinski definition) is 2. The number of aliphatic imine (C=N–C) groups is 1. The van der Waals surface area contributed by atoms with Crippen LogP contribution in [0.15, 0.2) is 72.4 Å².